The van der Waals surface area contributed by atoms with Crippen LogP contribution in [-0.4, -0.2) is 17.7 Å². The molecule has 27 heavy (non-hydrogen) atoms. The van der Waals surface area contributed by atoms with Gasteiger partial charge in [0, 0.05) is 6.42 Å². The molecular formula is C18H12F4N2O3. The van der Waals surface area contributed by atoms with Crippen LogP contribution in [0, 0.1) is 5.82 Å². The van der Waals surface area contributed by atoms with Gasteiger partial charge in [-0.05, 0) is 35.4 Å². The van der Waals surface area contributed by atoms with E-state index in [0.717, 1.165) is 36.4 Å². The van der Waals surface area contributed by atoms with Gasteiger partial charge in [0.25, 0.3) is 0 Å². The first-order chi connectivity index (χ1) is 12.6. The lowest BCUT2D eigenvalue weighted by atomic mass is 9.91. The summed E-state index contributed by atoms with van der Waals surface area (Å²) in [5.74, 6) is -3.97. The van der Waals surface area contributed by atoms with Gasteiger partial charge in [0.2, 0.25) is 5.91 Å². The number of carbonyl (C=O) groups is 3. The second-order valence-electron chi connectivity index (χ2n) is 5.99. The number of carbonyl (C=O) groups excluding carboxylic acids is 3. The van der Waals surface area contributed by atoms with Crippen LogP contribution in [-0.2, 0) is 22.2 Å². The standard InChI is InChI=1S/C18H12F4N2O3/c19-11-4-5-13-12(8-11)15(16(26)24(13)17(23)27)14(25)7-9-2-1-3-10(6-9)18(20,21)22/h1-6,8,15H,7H2,(H2,23,27). The number of ketones is 1. The van der Waals surface area contributed by atoms with E-state index in [1.165, 1.54) is 6.07 Å². The number of alkyl halides is 3. The van der Waals surface area contributed by atoms with Gasteiger partial charge in [0.15, 0.2) is 5.78 Å². The first kappa shape index (κ1) is 18.6. The molecule has 3 amide bonds. The molecule has 3 rings (SSSR count). The van der Waals surface area contributed by atoms with Gasteiger partial charge in [-0.25, -0.2) is 14.1 Å². The van der Waals surface area contributed by atoms with Crippen molar-refractivity contribution in [1.29, 1.82) is 0 Å². The van der Waals surface area contributed by atoms with Crippen LogP contribution >= 0.6 is 0 Å². The molecule has 0 radical (unpaired) electrons. The van der Waals surface area contributed by atoms with E-state index in [0.29, 0.717) is 4.90 Å². The average Bonchev–Trinajstić information content (AvgIpc) is 2.85. The lowest BCUT2D eigenvalue weighted by molar-refractivity contribution is -0.137. The Morgan fingerprint density at radius 3 is 2.44 bits per heavy atom. The van der Waals surface area contributed by atoms with Gasteiger partial charge in [-0.3, -0.25) is 9.59 Å². The van der Waals surface area contributed by atoms with E-state index in [1.54, 1.807) is 0 Å². The number of hydrogen-bond acceptors (Lipinski definition) is 3. The monoisotopic (exact) mass is 380 g/mol. The third kappa shape index (κ3) is 3.40. The predicted molar refractivity (Wildman–Crippen MR) is 86.4 cm³/mol. The van der Waals surface area contributed by atoms with Crippen molar-refractivity contribution >= 4 is 23.4 Å². The Kier molecular flexibility index (Phi) is 4.46. The molecule has 9 heteroatoms. The van der Waals surface area contributed by atoms with Crippen molar-refractivity contribution in [3.05, 3.63) is 65.0 Å². The molecule has 1 aliphatic heterocycles. The van der Waals surface area contributed by atoms with Crippen LogP contribution in [0.3, 0.4) is 0 Å². The fraction of sp³-hybridized carbons (Fsp3) is 0.167. The van der Waals surface area contributed by atoms with Crippen LogP contribution in [0.4, 0.5) is 28.0 Å². The summed E-state index contributed by atoms with van der Waals surface area (Å²) in [7, 11) is 0. The SMILES string of the molecule is NC(=O)N1C(=O)C(C(=O)Cc2cccc(C(F)(F)F)c2)c2cc(F)ccc21. The number of benzene rings is 2. The normalized spacial score (nSPS) is 16.4. The summed E-state index contributed by atoms with van der Waals surface area (Å²) in [6.45, 7) is 0. The number of hydrogen-bond donors (Lipinski definition) is 1. The number of fused-ring (bicyclic) bond motifs is 1. The van der Waals surface area contributed by atoms with E-state index in [9.17, 15) is 31.9 Å². The molecule has 0 aromatic heterocycles. The number of rotatable bonds is 3. The molecule has 0 saturated carbocycles. The fourth-order valence-electron chi connectivity index (χ4n) is 3.04. The Morgan fingerprint density at radius 2 is 1.81 bits per heavy atom. The van der Waals surface area contributed by atoms with Crippen molar-refractivity contribution in [1.82, 2.24) is 0 Å². The minimum Gasteiger partial charge on any atom is -0.351 e. The molecule has 1 unspecified atom stereocenters. The summed E-state index contributed by atoms with van der Waals surface area (Å²) in [5, 5.41) is 0. The molecule has 1 aliphatic rings. The maximum Gasteiger partial charge on any atom is 0.416 e. The van der Waals surface area contributed by atoms with Gasteiger partial charge in [0.1, 0.15) is 11.7 Å². The quantitative estimate of drug-likeness (QED) is 0.656. The van der Waals surface area contributed by atoms with Crippen molar-refractivity contribution in [2.45, 2.75) is 18.5 Å². The lowest BCUT2D eigenvalue weighted by Crippen LogP contribution is -2.40. The topological polar surface area (TPSA) is 80.5 Å². The second kappa shape index (κ2) is 6.49. The number of anilines is 1. The Labute approximate surface area is 150 Å². The Hall–Kier alpha value is -3.23. The molecule has 0 spiro atoms. The maximum absolute atomic E-state index is 13.6. The van der Waals surface area contributed by atoms with Gasteiger partial charge in [-0.15, -0.1) is 0 Å². The molecular weight excluding hydrogens is 368 g/mol. The highest BCUT2D eigenvalue weighted by Gasteiger charge is 2.44. The fourth-order valence-corrected chi connectivity index (χ4v) is 3.04. The molecule has 1 atom stereocenters. The summed E-state index contributed by atoms with van der Waals surface area (Å²) in [6.07, 6.45) is -5.08. The van der Waals surface area contributed by atoms with Crippen molar-refractivity contribution in [2.75, 3.05) is 4.90 Å². The van der Waals surface area contributed by atoms with Crippen molar-refractivity contribution in [3.8, 4) is 0 Å². The Bertz CT molecular complexity index is 956. The zero-order valence-electron chi connectivity index (χ0n) is 13.6. The molecule has 2 N–H and O–H groups in total. The summed E-state index contributed by atoms with van der Waals surface area (Å²) in [4.78, 5) is 37.2. The smallest absolute Gasteiger partial charge is 0.351 e. The molecule has 0 saturated heterocycles. The predicted octanol–water partition coefficient (Wildman–Crippen LogP) is 3.17. The van der Waals surface area contributed by atoms with Gasteiger partial charge in [-0.1, -0.05) is 18.2 Å². The van der Waals surface area contributed by atoms with Gasteiger partial charge in [0.05, 0.1) is 11.3 Å². The maximum atomic E-state index is 13.6. The highest BCUT2D eigenvalue weighted by atomic mass is 19.4. The Morgan fingerprint density at radius 1 is 1.11 bits per heavy atom. The minimum absolute atomic E-state index is 0.0173. The van der Waals surface area contributed by atoms with E-state index < -0.39 is 47.6 Å². The average molecular weight is 380 g/mol. The van der Waals surface area contributed by atoms with E-state index in [4.69, 9.17) is 5.73 Å². The molecule has 140 valence electrons. The number of nitrogens with zero attached hydrogens (tertiary/aromatic N) is 1. The second-order valence-corrected chi connectivity index (χ2v) is 5.99. The zero-order valence-corrected chi connectivity index (χ0v) is 13.6. The number of Topliss-reactive ketones (excluding diaryl/α,β-unsaturated/α-hetero) is 1. The van der Waals surface area contributed by atoms with E-state index in [-0.39, 0.29) is 16.8 Å². The highest BCUT2D eigenvalue weighted by molar-refractivity contribution is 6.27. The van der Waals surface area contributed by atoms with Crippen LogP contribution < -0.4 is 10.6 Å². The van der Waals surface area contributed by atoms with Crippen molar-refractivity contribution in [3.63, 3.8) is 0 Å². The molecule has 0 bridgehead atoms. The third-order valence-electron chi connectivity index (χ3n) is 4.18. The molecule has 0 fully saturated rings. The van der Waals surface area contributed by atoms with Gasteiger partial charge in [-0.2, -0.15) is 13.2 Å². The third-order valence-corrected chi connectivity index (χ3v) is 4.18. The molecule has 2 aromatic rings. The Balaban J connectivity index is 1.95. The van der Waals surface area contributed by atoms with Crippen LogP contribution in [0.5, 0.6) is 0 Å². The van der Waals surface area contributed by atoms with Gasteiger partial charge < -0.3 is 5.73 Å². The van der Waals surface area contributed by atoms with E-state index >= 15 is 0 Å². The summed E-state index contributed by atoms with van der Waals surface area (Å²) >= 11 is 0. The first-order valence-electron chi connectivity index (χ1n) is 7.71. The zero-order chi connectivity index (χ0) is 19.9. The van der Waals surface area contributed by atoms with Crippen LogP contribution in [0.25, 0.3) is 0 Å². The highest BCUT2D eigenvalue weighted by Crippen LogP contribution is 2.39. The number of halogens is 4. The number of urea groups is 1. The molecule has 0 aliphatic carbocycles. The van der Waals surface area contributed by atoms with Gasteiger partial charge >= 0.3 is 12.2 Å². The molecule has 1 heterocycles. The van der Waals surface area contributed by atoms with Crippen LogP contribution in [0.1, 0.15) is 22.6 Å². The van der Waals surface area contributed by atoms with Crippen molar-refractivity contribution < 1.29 is 31.9 Å². The minimum atomic E-state index is -4.58. The number of amides is 3. The number of nitrogens with two attached hydrogens (primary N) is 1. The van der Waals surface area contributed by atoms with Crippen LogP contribution in [0.15, 0.2) is 42.5 Å². The summed E-state index contributed by atoms with van der Waals surface area (Å²) in [6, 6.07) is 6.06. The molecule has 2 aromatic carbocycles. The van der Waals surface area contributed by atoms with E-state index in [2.05, 4.69) is 0 Å². The summed E-state index contributed by atoms with van der Waals surface area (Å²) < 4.78 is 52.0. The summed E-state index contributed by atoms with van der Waals surface area (Å²) in [5.41, 5.74) is 4.20. The first-order valence-corrected chi connectivity index (χ1v) is 7.71. The van der Waals surface area contributed by atoms with Crippen molar-refractivity contribution in [2.24, 2.45) is 5.73 Å². The largest absolute Gasteiger partial charge is 0.416 e. The number of imide groups is 1. The molecule has 5 nitrogen and oxygen atoms in total. The van der Waals surface area contributed by atoms with Crippen LogP contribution in [0.2, 0.25) is 0 Å². The van der Waals surface area contributed by atoms with E-state index in [1.807, 2.05) is 0 Å². The lowest BCUT2D eigenvalue weighted by Gasteiger charge is -2.13. The number of primary amides is 1.